The van der Waals surface area contributed by atoms with Gasteiger partial charge in [-0.15, -0.1) is 11.8 Å². The zero-order chi connectivity index (χ0) is 8.65. The Labute approximate surface area is 84.1 Å². The van der Waals surface area contributed by atoms with Crippen molar-refractivity contribution in [2.24, 2.45) is 0 Å². The minimum Gasteiger partial charge on any atom is -0.223 e. The maximum atomic E-state index is 11.8. The first-order chi connectivity index (χ1) is 5.89. The van der Waals surface area contributed by atoms with Crippen molar-refractivity contribution < 1.29 is 4.39 Å². The van der Waals surface area contributed by atoms with Gasteiger partial charge in [0.15, 0.2) is 0 Å². The molecule has 0 aliphatic carbocycles. The molecule has 1 aliphatic heterocycles. The molecule has 12 heavy (non-hydrogen) atoms. The van der Waals surface area contributed by atoms with E-state index >= 15 is 0 Å². The van der Waals surface area contributed by atoms with Gasteiger partial charge in [0, 0.05) is 0 Å². The van der Waals surface area contributed by atoms with Crippen LogP contribution in [0.2, 0.25) is 0 Å². The molecule has 1 atom stereocenters. The third-order valence-electron chi connectivity index (χ3n) is 1.06. The molecule has 1 aromatic rings. The van der Waals surface area contributed by atoms with Crippen LogP contribution in [-0.4, -0.2) is 9.92 Å². The number of benzene rings is 1. The summed E-state index contributed by atoms with van der Waals surface area (Å²) in [7, 11) is 2.90. The molecule has 66 valence electrons. The predicted octanol–water partition coefficient (Wildman–Crippen LogP) is 4.01. The number of rotatable bonds is 0. The van der Waals surface area contributed by atoms with Crippen LogP contribution in [-0.2, 0) is 0 Å². The van der Waals surface area contributed by atoms with E-state index in [4.69, 9.17) is 0 Å². The number of hydrogen-bond acceptors (Lipinski definition) is 3. The van der Waals surface area contributed by atoms with Crippen molar-refractivity contribution in [2.45, 2.75) is 4.84 Å². The van der Waals surface area contributed by atoms with Gasteiger partial charge in [-0.1, -0.05) is 47.2 Å². The summed E-state index contributed by atoms with van der Waals surface area (Å²) >= 11 is 1.36. The SMILES string of the molecule is FC1SCSS1.c1ccccc1. The Kier molecular flexibility index (Phi) is 5.73. The second-order valence-corrected chi connectivity index (χ2v) is 6.04. The molecule has 1 unspecified atom stereocenters. The van der Waals surface area contributed by atoms with Crippen LogP contribution in [0.15, 0.2) is 36.4 Å². The lowest BCUT2D eigenvalue weighted by Crippen LogP contribution is -1.70. The average Bonchev–Trinajstić information content (AvgIpc) is 2.60. The van der Waals surface area contributed by atoms with E-state index < -0.39 is 4.84 Å². The highest BCUT2D eigenvalue weighted by atomic mass is 33.1. The van der Waals surface area contributed by atoms with Crippen LogP contribution in [0.1, 0.15) is 0 Å². The quantitative estimate of drug-likeness (QED) is 0.606. The summed E-state index contributed by atoms with van der Waals surface area (Å²) in [5.74, 6) is 0. The zero-order valence-corrected chi connectivity index (χ0v) is 8.80. The van der Waals surface area contributed by atoms with Gasteiger partial charge in [-0.3, -0.25) is 0 Å². The normalized spacial score (nSPS) is 21.2. The van der Waals surface area contributed by atoms with Crippen molar-refractivity contribution in [3.05, 3.63) is 36.4 Å². The number of halogens is 1. The van der Waals surface area contributed by atoms with Crippen molar-refractivity contribution >= 4 is 33.3 Å². The lowest BCUT2D eigenvalue weighted by atomic mass is 10.4. The monoisotopic (exact) mass is 220 g/mol. The molecule has 4 heteroatoms. The van der Waals surface area contributed by atoms with Gasteiger partial charge >= 0.3 is 0 Å². The Bertz CT molecular complexity index is 160. The van der Waals surface area contributed by atoms with Gasteiger partial charge in [0.05, 0.1) is 5.08 Å². The van der Waals surface area contributed by atoms with Crippen molar-refractivity contribution in [1.29, 1.82) is 0 Å². The highest BCUT2D eigenvalue weighted by Gasteiger charge is 2.13. The van der Waals surface area contributed by atoms with Crippen molar-refractivity contribution in [2.75, 3.05) is 5.08 Å². The van der Waals surface area contributed by atoms with Gasteiger partial charge in [-0.05, 0) is 10.8 Å². The lowest BCUT2D eigenvalue weighted by Gasteiger charge is -1.84. The van der Waals surface area contributed by atoms with Gasteiger partial charge in [-0.25, -0.2) is 4.39 Å². The summed E-state index contributed by atoms with van der Waals surface area (Å²) in [6.07, 6.45) is 0. The number of alkyl halides is 1. The molecule has 1 heterocycles. The van der Waals surface area contributed by atoms with E-state index in [2.05, 4.69) is 0 Å². The predicted molar refractivity (Wildman–Crippen MR) is 59.0 cm³/mol. The minimum absolute atomic E-state index is 0.657. The van der Waals surface area contributed by atoms with Crippen LogP contribution >= 0.6 is 33.3 Å². The lowest BCUT2D eigenvalue weighted by molar-refractivity contribution is 0.572. The van der Waals surface area contributed by atoms with E-state index in [0.717, 1.165) is 5.08 Å². The fourth-order valence-corrected chi connectivity index (χ4v) is 4.60. The second-order valence-electron chi connectivity index (χ2n) is 1.93. The molecular formula is C8H9FS3. The molecule has 0 radical (unpaired) electrons. The standard InChI is InChI=1S/C6H6.C2H3FS3/c1-2-4-6-5-3-1;3-2-4-1-5-6-2/h1-6H;2H,1H2. The van der Waals surface area contributed by atoms with E-state index in [1.807, 2.05) is 36.4 Å². The van der Waals surface area contributed by atoms with Crippen molar-refractivity contribution in [3.8, 4) is 0 Å². The molecular weight excluding hydrogens is 211 g/mol. The summed E-state index contributed by atoms with van der Waals surface area (Å²) in [6, 6.07) is 12.0. The minimum atomic E-state index is -0.657. The van der Waals surface area contributed by atoms with Gasteiger partial charge in [0.2, 0.25) is 4.84 Å². The van der Waals surface area contributed by atoms with E-state index in [1.54, 1.807) is 10.8 Å². The van der Waals surface area contributed by atoms with E-state index in [1.165, 1.54) is 22.6 Å². The fourth-order valence-electron chi connectivity index (χ4n) is 0.575. The maximum absolute atomic E-state index is 11.8. The molecule has 0 nitrogen and oxygen atoms in total. The third kappa shape index (κ3) is 4.95. The second kappa shape index (κ2) is 6.69. The van der Waals surface area contributed by atoms with Gasteiger partial charge in [-0.2, -0.15) is 0 Å². The van der Waals surface area contributed by atoms with Crippen LogP contribution in [0, 0.1) is 0 Å². The Morgan fingerprint density at radius 1 is 1.00 bits per heavy atom. The zero-order valence-electron chi connectivity index (χ0n) is 6.35. The largest absolute Gasteiger partial charge is 0.223 e. The molecule has 0 bridgehead atoms. The first kappa shape index (κ1) is 10.3. The molecule has 2 rings (SSSR count). The fraction of sp³-hybridized carbons (Fsp3) is 0.250. The van der Waals surface area contributed by atoms with Crippen LogP contribution in [0.4, 0.5) is 4.39 Å². The number of thioether (sulfide) groups is 1. The van der Waals surface area contributed by atoms with Gasteiger partial charge < -0.3 is 0 Å². The van der Waals surface area contributed by atoms with Crippen LogP contribution in [0.25, 0.3) is 0 Å². The van der Waals surface area contributed by atoms with Crippen LogP contribution in [0.3, 0.4) is 0 Å². The van der Waals surface area contributed by atoms with E-state index in [9.17, 15) is 4.39 Å². The third-order valence-corrected chi connectivity index (χ3v) is 5.38. The number of hydrogen-bond donors (Lipinski definition) is 0. The highest BCUT2D eigenvalue weighted by Crippen LogP contribution is 2.45. The molecule has 0 spiro atoms. The Morgan fingerprint density at radius 2 is 1.50 bits per heavy atom. The summed E-state index contributed by atoms with van der Waals surface area (Å²) < 4.78 is 11.8. The topological polar surface area (TPSA) is 0 Å². The van der Waals surface area contributed by atoms with Crippen LogP contribution < -0.4 is 0 Å². The van der Waals surface area contributed by atoms with Gasteiger partial charge in [0.25, 0.3) is 0 Å². The van der Waals surface area contributed by atoms with E-state index in [-0.39, 0.29) is 0 Å². The smallest absolute Gasteiger partial charge is 0.202 e. The molecule has 1 saturated heterocycles. The molecule has 1 aromatic carbocycles. The summed E-state index contributed by atoms with van der Waals surface area (Å²) in [5, 5.41) is 0.909. The molecule has 1 fully saturated rings. The Balaban J connectivity index is 0.000000120. The molecule has 0 saturated carbocycles. The molecule has 0 amide bonds. The summed E-state index contributed by atoms with van der Waals surface area (Å²) in [5.41, 5.74) is 0. The van der Waals surface area contributed by atoms with Crippen molar-refractivity contribution in [3.63, 3.8) is 0 Å². The molecule has 1 aliphatic rings. The summed E-state index contributed by atoms with van der Waals surface area (Å²) in [6.45, 7) is 0. The highest BCUT2D eigenvalue weighted by molar-refractivity contribution is 8.82. The average molecular weight is 220 g/mol. The Hall–Kier alpha value is 0.200. The molecule has 0 aromatic heterocycles. The van der Waals surface area contributed by atoms with E-state index in [0.29, 0.717) is 0 Å². The Morgan fingerprint density at radius 3 is 1.67 bits per heavy atom. The van der Waals surface area contributed by atoms with Gasteiger partial charge in [0.1, 0.15) is 0 Å². The molecule has 0 N–H and O–H groups in total. The summed E-state index contributed by atoms with van der Waals surface area (Å²) in [4.78, 5) is -0.657. The first-order valence-corrected chi connectivity index (χ1v) is 6.86. The first-order valence-electron chi connectivity index (χ1n) is 3.43. The van der Waals surface area contributed by atoms with Crippen molar-refractivity contribution in [1.82, 2.24) is 0 Å². The maximum Gasteiger partial charge on any atom is 0.202 e. The van der Waals surface area contributed by atoms with Crippen LogP contribution in [0.5, 0.6) is 0 Å².